The summed E-state index contributed by atoms with van der Waals surface area (Å²) < 4.78 is 5.03. The van der Waals surface area contributed by atoms with Gasteiger partial charge < -0.3 is 4.74 Å². The number of ketones is 1. The summed E-state index contributed by atoms with van der Waals surface area (Å²) in [5.74, 6) is 0.343. The van der Waals surface area contributed by atoms with Crippen LogP contribution in [-0.2, 0) is 11.2 Å². The van der Waals surface area contributed by atoms with Gasteiger partial charge in [-0.2, -0.15) is 0 Å². The number of esters is 1. The summed E-state index contributed by atoms with van der Waals surface area (Å²) in [6.45, 7) is 0. The highest BCUT2D eigenvalue weighted by Gasteiger charge is 2.19. The van der Waals surface area contributed by atoms with Crippen molar-refractivity contribution in [3.05, 3.63) is 29.3 Å². The highest BCUT2D eigenvalue weighted by Crippen LogP contribution is 2.26. The van der Waals surface area contributed by atoms with Gasteiger partial charge in [-0.15, -0.1) is 0 Å². The Morgan fingerprint density at radius 2 is 2.20 bits per heavy atom. The minimum absolute atomic E-state index is 0.170. The Kier molecular flexibility index (Phi) is 2.86. The number of Topliss-reactive ketones (excluding diaryl/α,β-unsaturated/α-hetero) is 1. The zero-order chi connectivity index (χ0) is 10.8. The maximum atomic E-state index is 11.3. The molecule has 4 heteroatoms. The van der Waals surface area contributed by atoms with Crippen molar-refractivity contribution < 1.29 is 14.3 Å². The fraction of sp³-hybridized carbons (Fsp3) is 0.273. The van der Waals surface area contributed by atoms with Crippen LogP contribution in [-0.4, -0.2) is 17.1 Å². The van der Waals surface area contributed by atoms with E-state index in [1.54, 1.807) is 18.2 Å². The molecule has 15 heavy (non-hydrogen) atoms. The molecule has 1 aliphatic carbocycles. The Labute approximate surface area is 95.6 Å². The molecule has 0 N–H and O–H groups in total. The molecule has 1 aromatic rings. The molecule has 0 atom stereocenters. The second-order valence-electron chi connectivity index (χ2n) is 3.35. The summed E-state index contributed by atoms with van der Waals surface area (Å²) >= 11 is 3.02. The second kappa shape index (κ2) is 4.14. The largest absolute Gasteiger partial charge is 0.426 e. The number of carbonyl (C=O) groups is 2. The van der Waals surface area contributed by atoms with Crippen LogP contribution in [0.1, 0.15) is 22.3 Å². The van der Waals surface area contributed by atoms with Crippen LogP contribution in [0, 0.1) is 0 Å². The summed E-state index contributed by atoms with van der Waals surface area (Å²) in [6.07, 6.45) is 1.30. The van der Waals surface area contributed by atoms with Crippen molar-refractivity contribution >= 4 is 27.7 Å². The zero-order valence-electron chi connectivity index (χ0n) is 7.96. The first-order valence-corrected chi connectivity index (χ1v) is 5.75. The molecule has 0 unspecified atom stereocenters. The van der Waals surface area contributed by atoms with E-state index in [1.165, 1.54) is 0 Å². The minimum atomic E-state index is -0.334. The minimum Gasteiger partial charge on any atom is -0.426 e. The van der Waals surface area contributed by atoms with E-state index in [0.29, 0.717) is 12.2 Å². The fourth-order valence-corrected chi connectivity index (χ4v) is 1.77. The number of carbonyl (C=O) groups excluding carboxylic acids is 2. The maximum Gasteiger partial charge on any atom is 0.321 e. The van der Waals surface area contributed by atoms with Crippen molar-refractivity contribution in [2.24, 2.45) is 0 Å². The molecule has 0 saturated heterocycles. The lowest BCUT2D eigenvalue weighted by Gasteiger charge is -2.04. The van der Waals surface area contributed by atoms with E-state index in [2.05, 4.69) is 15.9 Å². The van der Waals surface area contributed by atoms with Gasteiger partial charge in [0.05, 0.1) is 0 Å². The third-order valence-electron chi connectivity index (χ3n) is 2.34. The molecular weight excluding hydrogens is 260 g/mol. The lowest BCUT2D eigenvalue weighted by Crippen LogP contribution is -2.08. The van der Waals surface area contributed by atoms with Gasteiger partial charge >= 0.3 is 5.97 Å². The third kappa shape index (κ3) is 2.09. The Morgan fingerprint density at radius 1 is 1.40 bits per heavy atom. The number of aryl methyl sites for hydroxylation is 1. The molecule has 0 spiro atoms. The van der Waals surface area contributed by atoms with Crippen molar-refractivity contribution in [3.8, 4) is 5.75 Å². The molecule has 0 saturated carbocycles. The first-order valence-electron chi connectivity index (χ1n) is 4.63. The Hall–Kier alpha value is -1.16. The lowest BCUT2D eigenvalue weighted by atomic mass is 10.1. The molecule has 0 fully saturated rings. The van der Waals surface area contributed by atoms with Crippen molar-refractivity contribution in [3.63, 3.8) is 0 Å². The Bertz CT molecular complexity index is 426. The van der Waals surface area contributed by atoms with Crippen molar-refractivity contribution in [2.45, 2.75) is 12.8 Å². The molecule has 1 aromatic carbocycles. The topological polar surface area (TPSA) is 43.4 Å². The van der Waals surface area contributed by atoms with Gasteiger partial charge in [-0.3, -0.25) is 9.59 Å². The summed E-state index contributed by atoms with van der Waals surface area (Å²) in [6, 6.07) is 5.14. The monoisotopic (exact) mass is 268 g/mol. The summed E-state index contributed by atoms with van der Waals surface area (Å²) in [7, 11) is 0. The first-order chi connectivity index (χ1) is 7.20. The molecule has 78 valence electrons. The smallest absolute Gasteiger partial charge is 0.321 e. The van der Waals surface area contributed by atoms with Crippen LogP contribution >= 0.6 is 15.9 Å². The Balaban J connectivity index is 2.23. The average molecular weight is 269 g/mol. The standard InChI is InChI=1S/C11H9BrO3/c12-6-11(14)15-8-2-3-9-7(5-8)1-4-10(9)13/h2-3,5H,1,4,6H2. The summed E-state index contributed by atoms with van der Waals surface area (Å²) in [4.78, 5) is 22.3. The number of hydrogen-bond donors (Lipinski definition) is 0. The van der Waals surface area contributed by atoms with E-state index in [-0.39, 0.29) is 17.1 Å². The van der Waals surface area contributed by atoms with Crippen LogP contribution in [0.25, 0.3) is 0 Å². The SMILES string of the molecule is O=C(CBr)Oc1ccc2c(c1)CCC2=O. The fourth-order valence-electron chi connectivity index (χ4n) is 1.65. The van der Waals surface area contributed by atoms with Crippen LogP contribution in [0.15, 0.2) is 18.2 Å². The van der Waals surface area contributed by atoms with E-state index in [0.717, 1.165) is 17.5 Å². The van der Waals surface area contributed by atoms with Crippen LogP contribution in [0.5, 0.6) is 5.75 Å². The number of benzene rings is 1. The first kappa shape index (κ1) is 10.4. The predicted octanol–water partition coefficient (Wildman–Crippen LogP) is 2.12. The van der Waals surface area contributed by atoms with Crippen LogP contribution < -0.4 is 4.74 Å². The van der Waals surface area contributed by atoms with E-state index in [1.807, 2.05) is 0 Å². The lowest BCUT2D eigenvalue weighted by molar-refractivity contribution is -0.131. The van der Waals surface area contributed by atoms with E-state index >= 15 is 0 Å². The molecule has 3 nitrogen and oxygen atoms in total. The summed E-state index contributed by atoms with van der Waals surface area (Å²) in [5.41, 5.74) is 1.73. The molecular formula is C11H9BrO3. The molecule has 0 bridgehead atoms. The van der Waals surface area contributed by atoms with Crippen molar-refractivity contribution in [2.75, 3.05) is 5.33 Å². The second-order valence-corrected chi connectivity index (χ2v) is 3.91. The van der Waals surface area contributed by atoms with Gasteiger partial charge in [-0.1, -0.05) is 15.9 Å². The van der Waals surface area contributed by atoms with Gasteiger partial charge in [-0.05, 0) is 30.2 Å². The molecule has 0 amide bonds. The van der Waals surface area contributed by atoms with Gasteiger partial charge in [0.1, 0.15) is 11.1 Å². The van der Waals surface area contributed by atoms with Gasteiger partial charge in [0.15, 0.2) is 5.78 Å². The van der Waals surface area contributed by atoms with E-state index in [4.69, 9.17) is 4.74 Å². The summed E-state index contributed by atoms with van der Waals surface area (Å²) in [5, 5.41) is 0.170. The van der Waals surface area contributed by atoms with Crippen LogP contribution in [0.3, 0.4) is 0 Å². The van der Waals surface area contributed by atoms with E-state index in [9.17, 15) is 9.59 Å². The quantitative estimate of drug-likeness (QED) is 0.469. The highest BCUT2D eigenvalue weighted by atomic mass is 79.9. The predicted molar refractivity (Wildman–Crippen MR) is 58.5 cm³/mol. The van der Waals surface area contributed by atoms with Gasteiger partial charge in [0, 0.05) is 12.0 Å². The number of rotatable bonds is 2. The number of alkyl halides is 1. The molecule has 0 aliphatic heterocycles. The number of fused-ring (bicyclic) bond motifs is 1. The van der Waals surface area contributed by atoms with Gasteiger partial charge in [0.25, 0.3) is 0 Å². The maximum absolute atomic E-state index is 11.3. The zero-order valence-corrected chi connectivity index (χ0v) is 9.54. The van der Waals surface area contributed by atoms with Crippen molar-refractivity contribution in [1.82, 2.24) is 0 Å². The third-order valence-corrected chi connectivity index (χ3v) is 2.80. The van der Waals surface area contributed by atoms with Crippen molar-refractivity contribution in [1.29, 1.82) is 0 Å². The number of ether oxygens (including phenoxy) is 1. The van der Waals surface area contributed by atoms with Gasteiger partial charge in [-0.25, -0.2) is 0 Å². The normalized spacial score (nSPS) is 13.8. The molecule has 1 aliphatic rings. The number of halogens is 1. The van der Waals surface area contributed by atoms with Gasteiger partial charge in [0.2, 0.25) is 0 Å². The Morgan fingerprint density at radius 3 is 2.93 bits per heavy atom. The molecule has 0 aromatic heterocycles. The molecule has 0 heterocycles. The molecule has 2 rings (SSSR count). The number of hydrogen-bond acceptors (Lipinski definition) is 3. The molecule has 0 radical (unpaired) electrons. The highest BCUT2D eigenvalue weighted by molar-refractivity contribution is 9.09. The van der Waals surface area contributed by atoms with Crippen LogP contribution in [0.4, 0.5) is 0 Å². The average Bonchev–Trinajstić information content (AvgIpc) is 2.60. The van der Waals surface area contributed by atoms with Crippen LogP contribution in [0.2, 0.25) is 0 Å². The van der Waals surface area contributed by atoms with E-state index < -0.39 is 0 Å².